The van der Waals surface area contributed by atoms with Crippen LogP contribution in [0.1, 0.15) is 62.2 Å². The van der Waals surface area contributed by atoms with Crippen molar-refractivity contribution >= 4 is 46.3 Å². The molecule has 210 valence electrons. The van der Waals surface area contributed by atoms with Gasteiger partial charge in [-0.2, -0.15) is 0 Å². The number of ether oxygens (including phenoxy) is 2. The van der Waals surface area contributed by atoms with Crippen LogP contribution in [0.2, 0.25) is 10.0 Å². The Balaban J connectivity index is 1.84. The van der Waals surface area contributed by atoms with E-state index in [9.17, 15) is 27.9 Å². The van der Waals surface area contributed by atoms with Crippen molar-refractivity contribution in [3.05, 3.63) is 69.0 Å². The Morgan fingerprint density at radius 1 is 0.897 bits per heavy atom. The predicted molar refractivity (Wildman–Crippen MR) is 146 cm³/mol. The fourth-order valence-electron chi connectivity index (χ4n) is 3.85. The number of carboxylic acid groups (broad SMARTS) is 1. The number of benzene rings is 2. The second kappa shape index (κ2) is 11.4. The second-order valence-corrected chi connectivity index (χ2v) is 12.3. The zero-order valence-corrected chi connectivity index (χ0v) is 24.1. The summed E-state index contributed by atoms with van der Waals surface area (Å²) >= 11 is 14.3. The molecule has 0 bridgehead atoms. The number of hydrogen-bond acceptors (Lipinski definition) is 5. The number of alkyl halides is 3. The van der Waals surface area contributed by atoms with Crippen molar-refractivity contribution in [1.82, 2.24) is 0 Å². The maximum atomic E-state index is 13.4. The first-order valence-corrected chi connectivity index (χ1v) is 13.4. The lowest BCUT2D eigenvalue weighted by Crippen LogP contribution is -2.38. The lowest BCUT2D eigenvalue weighted by atomic mass is 9.73. The molecule has 1 unspecified atom stereocenters. The summed E-state index contributed by atoms with van der Waals surface area (Å²) in [6.45, 7) is 8.70. The minimum Gasteiger partial charge on any atom is -0.478 e. The van der Waals surface area contributed by atoms with Crippen LogP contribution >= 0.6 is 34.5 Å². The largest absolute Gasteiger partial charge is 0.573 e. The number of Topliss-reactive ketones (excluding diaryl/α,β-unsaturated/α-hetero) is 1. The average Bonchev–Trinajstić information content (AvgIpc) is 3.30. The highest BCUT2D eigenvalue weighted by Crippen LogP contribution is 2.46. The summed E-state index contributed by atoms with van der Waals surface area (Å²) < 4.78 is 46.8. The summed E-state index contributed by atoms with van der Waals surface area (Å²) in [5.74, 6) is -1.86. The quantitative estimate of drug-likeness (QED) is 0.247. The van der Waals surface area contributed by atoms with Crippen molar-refractivity contribution in [1.29, 1.82) is 0 Å². The number of carboxylic acids is 1. The smallest absolute Gasteiger partial charge is 0.478 e. The van der Waals surface area contributed by atoms with E-state index in [0.29, 0.717) is 20.9 Å². The Hall–Kier alpha value is -2.75. The van der Waals surface area contributed by atoms with E-state index in [2.05, 4.69) is 4.74 Å². The summed E-state index contributed by atoms with van der Waals surface area (Å²) in [6, 6.07) is 12.1. The van der Waals surface area contributed by atoms with Crippen molar-refractivity contribution in [2.75, 3.05) is 0 Å². The predicted octanol–water partition coefficient (Wildman–Crippen LogP) is 9.27. The third kappa shape index (κ3) is 7.68. The maximum Gasteiger partial charge on any atom is 0.573 e. The molecule has 0 aliphatic rings. The van der Waals surface area contributed by atoms with Crippen LogP contribution in [0.25, 0.3) is 10.4 Å². The van der Waals surface area contributed by atoms with Gasteiger partial charge in [-0.15, -0.1) is 24.5 Å². The van der Waals surface area contributed by atoms with E-state index in [1.807, 2.05) is 20.8 Å². The highest BCUT2D eigenvalue weighted by molar-refractivity contribution is 7.17. The molecular weight excluding hydrogens is 576 g/mol. The summed E-state index contributed by atoms with van der Waals surface area (Å²) in [4.78, 5) is 26.0. The number of hydrogen-bond donors (Lipinski definition) is 1. The molecule has 1 heterocycles. The van der Waals surface area contributed by atoms with Crippen molar-refractivity contribution in [2.24, 2.45) is 5.41 Å². The Morgan fingerprint density at radius 2 is 1.51 bits per heavy atom. The van der Waals surface area contributed by atoms with Gasteiger partial charge < -0.3 is 14.6 Å². The van der Waals surface area contributed by atoms with Gasteiger partial charge in [0.2, 0.25) is 0 Å². The molecule has 0 radical (unpaired) electrons. The fraction of sp³-hybridized carbons (Fsp3) is 0.357. The summed E-state index contributed by atoms with van der Waals surface area (Å²) in [7, 11) is 0. The van der Waals surface area contributed by atoms with E-state index in [-0.39, 0.29) is 39.7 Å². The molecule has 0 spiro atoms. The zero-order chi connectivity index (χ0) is 29.3. The normalized spacial score (nSPS) is 13.2. The molecule has 0 fully saturated rings. The number of carbonyl (C=O) groups is 2. The van der Waals surface area contributed by atoms with Gasteiger partial charge in [-0.25, -0.2) is 4.79 Å². The molecule has 0 aliphatic carbocycles. The van der Waals surface area contributed by atoms with E-state index in [0.717, 1.165) is 0 Å². The van der Waals surface area contributed by atoms with Crippen LogP contribution in [-0.4, -0.2) is 28.8 Å². The lowest BCUT2D eigenvalue weighted by molar-refractivity contribution is -0.274. The molecule has 1 N–H and O–H groups in total. The number of ketones is 1. The molecule has 0 amide bonds. The number of aliphatic carboxylic acids is 1. The first-order valence-electron chi connectivity index (χ1n) is 11.8. The molecule has 1 atom stereocenters. The minimum absolute atomic E-state index is 0.0570. The highest BCUT2D eigenvalue weighted by atomic mass is 35.5. The van der Waals surface area contributed by atoms with Gasteiger partial charge in [0.15, 0.2) is 11.4 Å². The van der Waals surface area contributed by atoms with Gasteiger partial charge in [0, 0.05) is 11.3 Å². The molecule has 1 aromatic heterocycles. The summed E-state index contributed by atoms with van der Waals surface area (Å²) in [5, 5.41) is 9.60. The van der Waals surface area contributed by atoms with Crippen molar-refractivity contribution in [2.45, 2.75) is 58.9 Å². The van der Waals surface area contributed by atoms with Crippen molar-refractivity contribution in [3.63, 3.8) is 0 Å². The standard InChI is InChI=1S/C28H27Cl2F3O5S/c1-26(2,3)18(17-10-11-20(24(30)23(17)29)38-27(4,5)25(35)36)14-19(34)22-13-12-21(39-22)15-6-8-16(9-7-15)37-28(31,32)33/h6-13,18H,14H2,1-5H3,(H,35,36). The van der Waals surface area contributed by atoms with Crippen LogP contribution in [0.4, 0.5) is 13.2 Å². The first kappa shape index (κ1) is 30.8. The van der Waals surface area contributed by atoms with Crippen molar-refractivity contribution in [3.8, 4) is 21.9 Å². The molecular formula is C28H27Cl2F3O5S. The molecule has 0 saturated carbocycles. The molecule has 2 aromatic carbocycles. The molecule has 11 heteroatoms. The van der Waals surface area contributed by atoms with Gasteiger partial charge in [-0.3, -0.25) is 4.79 Å². The fourth-order valence-corrected chi connectivity index (χ4v) is 5.30. The van der Waals surface area contributed by atoms with Gasteiger partial charge in [0.25, 0.3) is 0 Å². The Morgan fingerprint density at radius 3 is 2.05 bits per heavy atom. The van der Waals surface area contributed by atoms with Gasteiger partial charge in [0.05, 0.1) is 9.90 Å². The summed E-state index contributed by atoms with van der Waals surface area (Å²) in [5.41, 5.74) is -0.661. The van der Waals surface area contributed by atoms with Crippen LogP contribution in [0.3, 0.4) is 0 Å². The topological polar surface area (TPSA) is 72.8 Å². The van der Waals surface area contributed by atoms with Crippen LogP contribution in [-0.2, 0) is 4.79 Å². The summed E-state index contributed by atoms with van der Waals surface area (Å²) in [6.07, 6.45) is -4.66. The zero-order valence-electron chi connectivity index (χ0n) is 21.8. The molecule has 39 heavy (non-hydrogen) atoms. The monoisotopic (exact) mass is 602 g/mol. The minimum atomic E-state index is -4.77. The van der Waals surface area contributed by atoms with Gasteiger partial charge >= 0.3 is 12.3 Å². The third-order valence-corrected chi connectivity index (χ3v) is 8.07. The maximum absolute atomic E-state index is 13.4. The first-order chi connectivity index (χ1) is 17.9. The number of thiophene rings is 1. The SMILES string of the molecule is CC(C)(Oc1ccc(C(CC(=O)c2ccc(-c3ccc(OC(F)(F)F)cc3)s2)C(C)(C)C)c(Cl)c1Cl)C(=O)O. The third-order valence-electron chi connectivity index (χ3n) is 6.02. The van der Waals surface area contributed by atoms with Crippen LogP contribution < -0.4 is 9.47 Å². The number of halogens is 5. The van der Waals surface area contributed by atoms with Crippen LogP contribution in [0.5, 0.6) is 11.5 Å². The Kier molecular flexibility index (Phi) is 8.99. The molecule has 5 nitrogen and oxygen atoms in total. The van der Waals surface area contributed by atoms with E-state index in [1.165, 1.54) is 49.4 Å². The van der Waals surface area contributed by atoms with Gasteiger partial charge in [0.1, 0.15) is 16.5 Å². The van der Waals surface area contributed by atoms with E-state index >= 15 is 0 Å². The second-order valence-electron chi connectivity index (χ2n) is 10.5. The van der Waals surface area contributed by atoms with E-state index in [1.54, 1.807) is 24.3 Å². The lowest BCUT2D eigenvalue weighted by Gasteiger charge is -2.32. The van der Waals surface area contributed by atoms with Gasteiger partial charge in [-0.1, -0.05) is 50.0 Å². The number of rotatable bonds is 9. The Labute approximate surface area is 238 Å². The van der Waals surface area contributed by atoms with E-state index in [4.69, 9.17) is 27.9 Å². The van der Waals surface area contributed by atoms with E-state index < -0.39 is 23.3 Å². The average molecular weight is 603 g/mol. The molecule has 0 saturated heterocycles. The Bertz CT molecular complexity index is 1360. The molecule has 3 rings (SSSR count). The highest BCUT2D eigenvalue weighted by Gasteiger charge is 2.34. The van der Waals surface area contributed by atoms with Crippen LogP contribution in [0, 0.1) is 5.41 Å². The van der Waals surface area contributed by atoms with Gasteiger partial charge in [-0.05, 0) is 78.8 Å². The van der Waals surface area contributed by atoms with Crippen molar-refractivity contribution < 1.29 is 37.3 Å². The molecule has 0 aliphatic heterocycles. The molecule has 3 aromatic rings. The number of carbonyl (C=O) groups excluding carboxylic acids is 1. The van der Waals surface area contributed by atoms with Crippen LogP contribution in [0.15, 0.2) is 48.5 Å².